The molecule has 0 saturated heterocycles. The normalized spacial score (nSPS) is 21.6. The van der Waals surface area contributed by atoms with E-state index in [-0.39, 0.29) is 23.1 Å². The zero-order chi connectivity index (χ0) is 23.4. The molecule has 0 bridgehead atoms. The van der Waals surface area contributed by atoms with Gasteiger partial charge in [-0.05, 0) is 13.0 Å². The van der Waals surface area contributed by atoms with E-state index in [0.29, 0.717) is 11.3 Å². The van der Waals surface area contributed by atoms with Crippen LogP contribution in [0, 0.1) is 17.0 Å². The number of methoxy groups -OCH3 is 1. The molecule has 12 heteroatoms. The molecule has 1 aliphatic carbocycles. The van der Waals surface area contributed by atoms with Crippen LogP contribution in [0.1, 0.15) is 24.1 Å². The summed E-state index contributed by atoms with van der Waals surface area (Å²) in [7, 11) is 2.65. The van der Waals surface area contributed by atoms with E-state index in [2.05, 4.69) is 20.7 Å². The zero-order valence-corrected chi connectivity index (χ0v) is 17.9. The molecule has 2 unspecified atom stereocenters. The van der Waals surface area contributed by atoms with E-state index in [1.165, 1.54) is 30.9 Å². The Bertz CT molecular complexity index is 1230. The molecule has 1 amide bonds. The number of rotatable bonds is 6. The molecule has 0 radical (unpaired) electrons. The summed E-state index contributed by atoms with van der Waals surface area (Å²) in [6.07, 6.45) is 1.37. The first-order valence-corrected chi connectivity index (χ1v) is 9.82. The Morgan fingerprint density at radius 2 is 2.00 bits per heavy atom. The van der Waals surface area contributed by atoms with Gasteiger partial charge < -0.3 is 15.4 Å². The van der Waals surface area contributed by atoms with Crippen LogP contribution in [-0.4, -0.2) is 40.6 Å². The highest BCUT2D eigenvalue weighted by Crippen LogP contribution is 2.71. The van der Waals surface area contributed by atoms with Gasteiger partial charge in [-0.25, -0.2) is 27.1 Å². The van der Waals surface area contributed by atoms with Gasteiger partial charge in [0.05, 0.1) is 35.8 Å². The SMILES string of the molecule is CNC(=O)C1(C)C(c2ccc(Nc3cnc4cc(Cl)nn4c3COC)c(F)c2F)C1(F)F. The maximum atomic E-state index is 14.9. The van der Waals surface area contributed by atoms with Crippen molar-refractivity contribution < 1.29 is 27.1 Å². The number of benzene rings is 1. The van der Waals surface area contributed by atoms with E-state index in [1.807, 2.05) is 0 Å². The van der Waals surface area contributed by atoms with Crippen molar-refractivity contribution in [3.63, 3.8) is 0 Å². The summed E-state index contributed by atoms with van der Waals surface area (Å²) >= 11 is 5.91. The van der Waals surface area contributed by atoms with Crippen LogP contribution in [0.5, 0.6) is 0 Å². The van der Waals surface area contributed by atoms with Crippen molar-refractivity contribution in [3.05, 3.63) is 52.4 Å². The fourth-order valence-electron chi connectivity index (χ4n) is 3.94. The summed E-state index contributed by atoms with van der Waals surface area (Å²) in [6, 6.07) is 3.68. The fraction of sp³-hybridized carbons (Fsp3) is 0.350. The highest BCUT2D eigenvalue weighted by Gasteiger charge is 2.82. The maximum Gasteiger partial charge on any atom is 0.271 e. The predicted molar refractivity (Wildman–Crippen MR) is 108 cm³/mol. The van der Waals surface area contributed by atoms with Gasteiger partial charge in [-0.3, -0.25) is 4.79 Å². The highest BCUT2D eigenvalue weighted by atomic mass is 35.5. The van der Waals surface area contributed by atoms with Crippen LogP contribution in [0.2, 0.25) is 5.15 Å². The number of nitrogens with zero attached hydrogens (tertiary/aromatic N) is 3. The van der Waals surface area contributed by atoms with Gasteiger partial charge in [0.15, 0.2) is 22.4 Å². The lowest BCUT2D eigenvalue weighted by molar-refractivity contribution is -0.128. The average molecular weight is 472 g/mol. The summed E-state index contributed by atoms with van der Waals surface area (Å²) in [5.74, 6) is -9.08. The second-order valence-corrected chi connectivity index (χ2v) is 7.97. The Morgan fingerprint density at radius 3 is 2.66 bits per heavy atom. The Balaban J connectivity index is 1.72. The van der Waals surface area contributed by atoms with E-state index in [9.17, 15) is 22.4 Å². The largest absolute Gasteiger partial charge is 0.378 e. The Labute approximate surface area is 184 Å². The van der Waals surface area contributed by atoms with Crippen LogP contribution < -0.4 is 10.6 Å². The summed E-state index contributed by atoms with van der Waals surface area (Å²) < 4.78 is 65.1. The number of halogens is 5. The highest BCUT2D eigenvalue weighted by molar-refractivity contribution is 6.29. The Hall–Kier alpha value is -2.92. The van der Waals surface area contributed by atoms with E-state index in [0.717, 1.165) is 19.1 Å². The van der Waals surface area contributed by atoms with Gasteiger partial charge in [0, 0.05) is 25.8 Å². The molecule has 2 aromatic heterocycles. The zero-order valence-electron chi connectivity index (χ0n) is 17.1. The van der Waals surface area contributed by atoms with Crippen molar-refractivity contribution in [2.24, 2.45) is 5.41 Å². The van der Waals surface area contributed by atoms with Gasteiger partial charge in [0.1, 0.15) is 5.41 Å². The number of carbonyl (C=O) groups excluding carboxylic acids is 1. The Kier molecular flexibility index (Phi) is 5.29. The van der Waals surface area contributed by atoms with Gasteiger partial charge in [-0.15, -0.1) is 0 Å². The van der Waals surface area contributed by atoms with Crippen LogP contribution in [0.15, 0.2) is 24.4 Å². The first-order valence-electron chi connectivity index (χ1n) is 9.44. The van der Waals surface area contributed by atoms with Crippen LogP contribution >= 0.6 is 11.6 Å². The molecule has 3 aromatic rings. The lowest BCUT2D eigenvalue weighted by Gasteiger charge is -2.15. The van der Waals surface area contributed by atoms with Crippen molar-refractivity contribution in [3.8, 4) is 0 Å². The average Bonchev–Trinajstić information content (AvgIpc) is 3.01. The number of hydrogen-bond donors (Lipinski definition) is 2. The minimum atomic E-state index is -3.52. The predicted octanol–water partition coefficient (Wildman–Crippen LogP) is 4.04. The van der Waals surface area contributed by atoms with Crippen LogP contribution in [0.3, 0.4) is 0 Å². The second kappa shape index (κ2) is 7.59. The molecule has 4 rings (SSSR count). The second-order valence-electron chi connectivity index (χ2n) is 7.58. The molecule has 32 heavy (non-hydrogen) atoms. The standard InChI is InChI=1S/C20H18ClF4N5O2/c1-19(18(31)26-2)17(20(19,24)25)9-4-5-10(16(23)15(9)22)28-11-7-27-14-6-13(21)29-30(14)12(11)8-32-3/h4-7,17,28H,8H2,1-3H3,(H,26,31). The van der Waals surface area contributed by atoms with Gasteiger partial charge in [0.2, 0.25) is 5.91 Å². The molecule has 2 N–H and O–H groups in total. The molecule has 2 atom stereocenters. The first kappa shape index (κ1) is 22.3. The molecule has 170 valence electrons. The molecule has 0 aliphatic heterocycles. The number of ether oxygens (including phenoxy) is 1. The van der Waals surface area contributed by atoms with Crippen molar-refractivity contribution in [2.75, 3.05) is 19.5 Å². The molecule has 2 heterocycles. The maximum absolute atomic E-state index is 14.9. The smallest absolute Gasteiger partial charge is 0.271 e. The summed E-state index contributed by atoms with van der Waals surface area (Å²) in [4.78, 5) is 16.1. The molecule has 7 nitrogen and oxygen atoms in total. The number of aromatic nitrogens is 3. The molecule has 0 spiro atoms. The van der Waals surface area contributed by atoms with Crippen LogP contribution in [-0.2, 0) is 16.1 Å². The van der Waals surface area contributed by atoms with E-state index in [1.54, 1.807) is 0 Å². The molecule has 1 saturated carbocycles. The number of carbonyl (C=O) groups is 1. The van der Waals surface area contributed by atoms with Crippen molar-refractivity contribution in [1.29, 1.82) is 0 Å². The third kappa shape index (κ3) is 3.10. The number of anilines is 2. The van der Waals surface area contributed by atoms with E-state index >= 15 is 0 Å². The van der Waals surface area contributed by atoms with Crippen molar-refractivity contribution >= 4 is 34.5 Å². The molecular weight excluding hydrogens is 454 g/mol. The third-order valence-corrected chi connectivity index (χ3v) is 5.96. The van der Waals surface area contributed by atoms with Gasteiger partial charge in [-0.1, -0.05) is 17.7 Å². The Morgan fingerprint density at radius 1 is 1.28 bits per heavy atom. The van der Waals surface area contributed by atoms with Gasteiger partial charge in [-0.2, -0.15) is 5.10 Å². The topological polar surface area (TPSA) is 80.5 Å². The number of nitrogens with one attached hydrogen (secondary N) is 2. The van der Waals surface area contributed by atoms with Crippen LogP contribution in [0.4, 0.5) is 28.9 Å². The van der Waals surface area contributed by atoms with Crippen LogP contribution in [0.25, 0.3) is 5.65 Å². The van der Waals surface area contributed by atoms with Gasteiger partial charge in [0.25, 0.3) is 5.92 Å². The minimum absolute atomic E-state index is 0.0420. The van der Waals surface area contributed by atoms with Crippen molar-refractivity contribution in [1.82, 2.24) is 19.9 Å². The third-order valence-electron chi connectivity index (χ3n) is 5.77. The fourth-order valence-corrected chi connectivity index (χ4v) is 4.11. The number of alkyl halides is 2. The molecule has 1 fully saturated rings. The summed E-state index contributed by atoms with van der Waals surface area (Å²) in [5.41, 5.74) is -1.96. The number of amides is 1. The first-order chi connectivity index (χ1) is 15.1. The molecule has 1 aromatic carbocycles. The number of hydrogen-bond acceptors (Lipinski definition) is 5. The summed E-state index contributed by atoms with van der Waals surface area (Å²) in [5, 5.41) is 9.12. The van der Waals surface area contributed by atoms with Gasteiger partial charge >= 0.3 is 0 Å². The van der Waals surface area contributed by atoms with Crippen molar-refractivity contribution in [2.45, 2.75) is 25.4 Å². The summed E-state index contributed by atoms with van der Waals surface area (Å²) in [6.45, 7) is 1.06. The lowest BCUT2D eigenvalue weighted by Crippen LogP contribution is -2.31. The van der Waals surface area contributed by atoms with E-state index in [4.69, 9.17) is 16.3 Å². The van der Waals surface area contributed by atoms with E-state index < -0.39 is 40.4 Å². The number of fused-ring (bicyclic) bond motifs is 1. The molecule has 1 aliphatic rings. The minimum Gasteiger partial charge on any atom is -0.378 e. The molecular formula is C20H18ClF4N5O2. The quantitative estimate of drug-likeness (QED) is 0.530. The lowest BCUT2D eigenvalue weighted by atomic mass is 9.99. The monoisotopic (exact) mass is 471 g/mol.